The largest absolute Gasteiger partial charge is 0.378 e. The van der Waals surface area contributed by atoms with Gasteiger partial charge in [0.15, 0.2) is 5.96 Å². The SMILES string of the molecule is CN=C(NCCCOC1CCCCC1)NCc1cc(Cl)c(Cl)n1C.I. The highest BCUT2D eigenvalue weighted by Gasteiger charge is 2.13. The van der Waals surface area contributed by atoms with E-state index in [1.54, 1.807) is 7.05 Å². The molecule has 2 N–H and O–H groups in total. The maximum Gasteiger partial charge on any atom is 0.191 e. The summed E-state index contributed by atoms with van der Waals surface area (Å²) < 4.78 is 7.79. The number of nitrogens with one attached hydrogen (secondary N) is 2. The highest BCUT2D eigenvalue weighted by atomic mass is 127. The monoisotopic (exact) mass is 502 g/mol. The van der Waals surface area contributed by atoms with Crippen molar-refractivity contribution < 1.29 is 4.74 Å². The summed E-state index contributed by atoms with van der Waals surface area (Å²) in [6.07, 6.45) is 7.87. The minimum Gasteiger partial charge on any atom is -0.378 e. The van der Waals surface area contributed by atoms with Gasteiger partial charge in [0.05, 0.1) is 17.7 Å². The number of hydrogen-bond acceptors (Lipinski definition) is 2. The van der Waals surface area contributed by atoms with Crippen LogP contribution in [0.1, 0.15) is 44.2 Å². The summed E-state index contributed by atoms with van der Waals surface area (Å²) in [6.45, 7) is 2.25. The predicted molar refractivity (Wildman–Crippen MR) is 116 cm³/mol. The molecule has 25 heavy (non-hydrogen) atoms. The molecule has 8 heteroatoms. The summed E-state index contributed by atoms with van der Waals surface area (Å²) >= 11 is 12.1. The van der Waals surface area contributed by atoms with Gasteiger partial charge >= 0.3 is 0 Å². The Morgan fingerprint density at radius 1 is 1.28 bits per heavy atom. The summed E-state index contributed by atoms with van der Waals surface area (Å²) in [7, 11) is 3.66. The van der Waals surface area contributed by atoms with E-state index in [-0.39, 0.29) is 24.0 Å². The first-order valence-electron chi connectivity index (χ1n) is 8.67. The number of hydrogen-bond donors (Lipinski definition) is 2. The lowest BCUT2D eigenvalue weighted by Gasteiger charge is -2.22. The quantitative estimate of drug-likeness (QED) is 0.252. The summed E-state index contributed by atoms with van der Waals surface area (Å²) in [5.74, 6) is 0.765. The average Bonchev–Trinajstić information content (AvgIpc) is 2.85. The van der Waals surface area contributed by atoms with Gasteiger partial charge in [-0.3, -0.25) is 4.99 Å². The molecule has 1 aliphatic rings. The third kappa shape index (κ3) is 7.53. The molecule has 1 fully saturated rings. The third-order valence-corrected chi connectivity index (χ3v) is 5.24. The smallest absolute Gasteiger partial charge is 0.191 e. The molecule has 0 radical (unpaired) electrons. The number of nitrogens with zero attached hydrogens (tertiary/aromatic N) is 2. The van der Waals surface area contributed by atoms with Crippen LogP contribution >= 0.6 is 47.2 Å². The molecule has 5 nitrogen and oxygen atoms in total. The zero-order valence-electron chi connectivity index (χ0n) is 15.0. The maximum absolute atomic E-state index is 6.07. The lowest BCUT2D eigenvalue weighted by Crippen LogP contribution is -2.38. The lowest BCUT2D eigenvalue weighted by molar-refractivity contribution is 0.0277. The van der Waals surface area contributed by atoms with Crippen LogP contribution in [-0.2, 0) is 18.3 Å². The highest BCUT2D eigenvalue weighted by Crippen LogP contribution is 2.24. The molecule has 144 valence electrons. The fraction of sp³-hybridized carbons (Fsp3) is 0.706. The summed E-state index contributed by atoms with van der Waals surface area (Å²) in [4.78, 5) is 4.23. The zero-order chi connectivity index (χ0) is 17.4. The number of halogens is 3. The van der Waals surface area contributed by atoms with Crippen molar-refractivity contribution in [2.24, 2.45) is 12.0 Å². The number of aliphatic imine (C=N–C) groups is 1. The first-order valence-corrected chi connectivity index (χ1v) is 9.43. The number of rotatable bonds is 7. The number of guanidine groups is 1. The normalized spacial score (nSPS) is 15.8. The van der Waals surface area contributed by atoms with Gasteiger partial charge in [-0.2, -0.15) is 0 Å². The summed E-state index contributed by atoms with van der Waals surface area (Å²) in [5.41, 5.74) is 1.01. The first-order chi connectivity index (χ1) is 11.6. The van der Waals surface area contributed by atoms with Crippen molar-refractivity contribution in [2.75, 3.05) is 20.2 Å². The Hall–Kier alpha value is -0.180. The van der Waals surface area contributed by atoms with Gasteiger partial charge in [-0.25, -0.2) is 0 Å². The first kappa shape index (κ1) is 22.9. The molecule has 1 aromatic rings. The molecule has 0 spiro atoms. The molecule has 1 aliphatic carbocycles. The molecule has 0 aliphatic heterocycles. The van der Waals surface area contributed by atoms with Crippen molar-refractivity contribution in [3.05, 3.63) is 21.9 Å². The number of aromatic nitrogens is 1. The average molecular weight is 503 g/mol. The molecule has 2 rings (SSSR count). The Balaban J connectivity index is 0.00000312. The van der Waals surface area contributed by atoms with Gasteiger partial charge < -0.3 is 19.9 Å². The van der Waals surface area contributed by atoms with Gasteiger partial charge in [0.25, 0.3) is 0 Å². The Labute approximate surface area is 177 Å². The van der Waals surface area contributed by atoms with Gasteiger partial charge in [0, 0.05) is 32.9 Å². The lowest BCUT2D eigenvalue weighted by atomic mass is 9.98. The van der Waals surface area contributed by atoms with Crippen LogP contribution in [0.4, 0.5) is 0 Å². The van der Waals surface area contributed by atoms with E-state index in [9.17, 15) is 0 Å². The maximum atomic E-state index is 6.07. The van der Waals surface area contributed by atoms with Crippen molar-refractivity contribution in [3.63, 3.8) is 0 Å². The van der Waals surface area contributed by atoms with Gasteiger partial charge in [0.2, 0.25) is 0 Å². The Morgan fingerprint density at radius 3 is 2.60 bits per heavy atom. The van der Waals surface area contributed by atoms with E-state index in [2.05, 4.69) is 15.6 Å². The minimum atomic E-state index is 0. The van der Waals surface area contributed by atoms with Gasteiger partial charge in [-0.15, -0.1) is 24.0 Å². The van der Waals surface area contributed by atoms with Crippen LogP contribution in [0.3, 0.4) is 0 Å². The van der Waals surface area contributed by atoms with Gasteiger partial charge in [-0.1, -0.05) is 42.5 Å². The molecule has 0 amide bonds. The van der Waals surface area contributed by atoms with Crippen molar-refractivity contribution in [2.45, 2.75) is 51.2 Å². The molecule has 0 unspecified atom stereocenters. The fourth-order valence-electron chi connectivity index (χ4n) is 2.91. The molecule has 0 bridgehead atoms. The van der Waals surface area contributed by atoms with Crippen LogP contribution in [0.25, 0.3) is 0 Å². The standard InChI is InChI=1S/C17H28Cl2N4O.HI/c1-20-17(22-12-13-11-15(18)16(19)23(13)2)21-9-6-10-24-14-7-4-3-5-8-14;/h11,14H,3-10,12H2,1-2H3,(H2,20,21,22);1H. The zero-order valence-corrected chi connectivity index (χ0v) is 18.8. The van der Waals surface area contributed by atoms with Crippen molar-refractivity contribution >= 4 is 53.1 Å². The van der Waals surface area contributed by atoms with Crippen molar-refractivity contribution in [1.29, 1.82) is 0 Å². The van der Waals surface area contributed by atoms with Crippen LogP contribution in [0, 0.1) is 0 Å². The van der Waals surface area contributed by atoms with Gasteiger partial charge in [0.1, 0.15) is 5.15 Å². The highest BCUT2D eigenvalue weighted by molar-refractivity contribution is 14.0. The fourth-order valence-corrected chi connectivity index (χ4v) is 3.33. The molecule has 1 saturated carbocycles. The van der Waals surface area contributed by atoms with Crippen molar-refractivity contribution in [3.8, 4) is 0 Å². The van der Waals surface area contributed by atoms with Crippen molar-refractivity contribution in [1.82, 2.24) is 15.2 Å². The molecule has 0 atom stereocenters. The topological polar surface area (TPSA) is 50.6 Å². The molecular weight excluding hydrogens is 474 g/mol. The third-order valence-electron chi connectivity index (χ3n) is 4.40. The Bertz CT molecular complexity index is 545. The molecule has 0 saturated heterocycles. The van der Waals surface area contributed by atoms with E-state index in [4.69, 9.17) is 27.9 Å². The minimum absolute atomic E-state index is 0. The van der Waals surface area contributed by atoms with E-state index in [1.165, 1.54) is 32.1 Å². The van der Waals surface area contributed by atoms with E-state index < -0.39 is 0 Å². The second kappa shape index (κ2) is 12.3. The molecule has 0 aromatic carbocycles. The second-order valence-electron chi connectivity index (χ2n) is 6.17. The van der Waals surface area contributed by atoms with E-state index in [0.717, 1.165) is 31.2 Å². The molecule has 1 aromatic heterocycles. The van der Waals surface area contributed by atoms with Crippen LogP contribution < -0.4 is 10.6 Å². The van der Waals surface area contributed by atoms with Crippen LogP contribution in [0.5, 0.6) is 0 Å². The predicted octanol–water partition coefficient (Wildman–Crippen LogP) is 4.35. The van der Waals surface area contributed by atoms with Gasteiger partial charge in [-0.05, 0) is 25.3 Å². The molecular formula is C17H29Cl2IN4O. The van der Waals surface area contributed by atoms with Crippen LogP contribution in [-0.4, -0.2) is 36.8 Å². The van der Waals surface area contributed by atoms with Crippen LogP contribution in [0.15, 0.2) is 11.1 Å². The summed E-state index contributed by atoms with van der Waals surface area (Å²) in [6, 6.07) is 1.86. The van der Waals surface area contributed by atoms with E-state index in [0.29, 0.717) is 22.8 Å². The Kier molecular flexibility index (Phi) is 11.2. The summed E-state index contributed by atoms with van der Waals surface area (Å²) in [5, 5.41) is 7.69. The van der Waals surface area contributed by atoms with E-state index >= 15 is 0 Å². The van der Waals surface area contributed by atoms with Crippen LogP contribution in [0.2, 0.25) is 10.2 Å². The van der Waals surface area contributed by atoms with E-state index in [1.807, 2.05) is 17.7 Å². The molecule has 1 heterocycles. The second-order valence-corrected chi connectivity index (χ2v) is 6.94. The number of ether oxygens (including phenoxy) is 1. The Morgan fingerprint density at radius 2 is 2.00 bits per heavy atom.